The molecule has 4 aliphatic rings. The van der Waals surface area contributed by atoms with Crippen LogP contribution in [0.3, 0.4) is 0 Å². The average molecular weight is 614 g/mol. The zero-order chi connectivity index (χ0) is 30.2. The Bertz CT molecular complexity index is 1360. The van der Waals surface area contributed by atoms with Crippen molar-refractivity contribution in [3.8, 4) is 0 Å². The first kappa shape index (κ1) is 30.9. The highest BCUT2D eigenvalue weighted by Crippen LogP contribution is 2.60. The van der Waals surface area contributed by atoms with Crippen LogP contribution in [0.4, 0.5) is 5.69 Å². The minimum Gasteiger partial charge on any atom is -0.352 e. The third-order valence-corrected chi connectivity index (χ3v) is 11.0. The highest BCUT2D eigenvalue weighted by Gasteiger charge is 2.51. The largest absolute Gasteiger partial charge is 0.352 e. The van der Waals surface area contributed by atoms with E-state index in [0.717, 1.165) is 29.6 Å². The predicted octanol–water partition coefficient (Wildman–Crippen LogP) is 5.91. The summed E-state index contributed by atoms with van der Waals surface area (Å²) in [4.78, 5) is 28.6. The molecule has 0 spiro atoms. The molecule has 2 aromatic carbocycles. The van der Waals surface area contributed by atoms with Gasteiger partial charge in [-0.15, -0.1) is 0 Å². The number of halogens is 1. The number of carbonyl (C=O) groups excluding carboxylic acids is 2. The van der Waals surface area contributed by atoms with Crippen molar-refractivity contribution in [1.29, 1.82) is 0 Å². The first-order chi connectivity index (χ1) is 19.9. The molecule has 4 bridgehead atoms. The molecule has 0 radical (unpaired) electrons. The molecule has 0 aliphatic heterocycles. The van der Waals surface area contributed by atoms with E-state index in [2.05, 4.69) is 17.4 Å². The molecule has 9 heteroatoms. The maximum absolute atomic E-state index is 13.9. The molecule has 0 saturated heterocycles. The quantitative estimate of drug-likeness (QED) is 0.342. The number of nitrogens with one attached hydrogen (secondary N) is 1. The Labute approximate surface area is 256 Å². The molecule has 1 atom stereocenters. The average Bonchev–Trinajstić information content (AvgIpc) is 2.91. The zero-order valence-corrected chi connectivity index (χ0v) is 26.8. The second-order valence-corrected chi connectivity index (χ2v) is 15.6. The lowest BCUT2D eigenvalue weighted by molar-refractivity contribution is -0.140. The monoisotopic (exact) mass is 613 g/mol. The second-order valence-electron chi connectivity index (χ2n) is 13.2. The number of sulfonamides is 1. The van der Waals surface area contributed by atoms with Crippen LogP contribution < -0.4 is 9.62 Å². The van der Waals surface area contributed by atoms with E-state index < -0.39 is 28.5 Å². The van der Waals surface area contributed by atoms with Crippen LogP contribution in [0, 0.1) is 17.8 Å². The summed E-state index contributed by atoms with van der Waals surface area (Å²) < 4.78 is 27.3. The highest BCUT2D eigenvalue weighted by atomic mass is 35.5. The van der Waals surface area contributed by atoms with Crippen molar-refractivity contribution in [2.24, 2.45) is 17.8 Å². The molecule has 0 unspecified atom stereocenters. The Balaban J connectivity index is 1.40. The van der Waals surface area contributed by atoms with Gasteiger partial charge in [-0.05, 0) is 117 Å². The van der Waals surface area contributed by atoms with Gasteiger partial charge in [0.05, 0.1) is 11.9 Å². The van der Waals surface area contributed by atoms with Crippen LogP contribution in [0.15, 0.2) is 48.5 Å². The van der Waals surface area contributed by atoms with Gasteiger partial charge < -0.3 is 10.2 Å². The lowest BCUT2D eigenvalue weighted by Crippen LogP contribution is -2.53. The van der Waals surface area contributed by atoms with Gasteiger partial charge in [-0.25, -0.2) is 8.42 Å². The molecule has 0 aromatic heterocycles. The fourth-order valence-corrected chi connectivity index (χ4v) is 9.12. The Morgan fingerprint density at radius 1 is 0.952 bits per heavy atom. The first-order valence-electron chi connectivity index (χ1n) is 15.3. The summed E-state index contributed by atoms with van der Waals surface area (Å²) in [7, 11) is -3.79. The van der Waals surface area contributed by atoms with E-state index in [1.807, 2.05) is 45.0 Å². The highest BCUT2D eigenvalue weighted by molar-refractivity contribution is 7.92. The van der Waals surface area contributed by atoms with Crippen LogP contribution in [-0.2, 0) is 31.6 Å². The van der Waals surface area contributed by atoms with Crippen molar-refractivity contribution < 1.29 is 18.0 Å². The summed E-state index contributed by atoms with van der Waals surface area (Å²) in [5.41, 5.74) is 2.76. The van der Waals surface area contributed by atoms with Crippen LogP contribution >= 0.6 is 11.6 Å². The fraction of sp³-hybridized carbons (Fsp3) is 0.576. The van der Waals surface area contributed by atoms with E-state index in [1.165, 1.54) is 53.3 Å². The van der Waals surface area contributed by atoms with Crippen LogP contribution in [0.25, 0.3) is 0 Å². The molecule has 2 amide bonds. The minimum absolute atomic E-state index is 0.0981. The van der Waals surface area contributed by atoms with E-state index in [4.69, 9.17) is 11.6 Å². The normalized spacial score (nSPS) is 25.3. The summed E-state index contributed by atoms with van der Waals surface area (Å²) in [6.45, 7) is 5.35. The zero-order valence-electron chi connectivity index (χ0n) is 25.2. The van der Waals surface area contributed by atoms with Crippen molar-refractivity contribution in [3.05, 3.63) is 64.7 Å². The van der Waals surface area contributed by atoms with Crippen molar-refractivity contribution in [1.82, 2.24) is 10.2 Å². The maximum Gasteiger partial charge on any atom is 0.244 e. The number of amides is 2. The summed E-state index contributed by atoms with van der Waals surface area (Å²) in [6.07, 6.45) is 9.27. The molecule has 4 fully saturated rings. The topological polar surface area (TPSA) is 86.8 Å². The Morgan fingerprint density at radius 2 is 1.50 bits per heavy atom. The molecule has 0 heterocycles. The van der Waals surface area contributed by atoms with E-state index in [0.29, 0.717) is 17.1 Å². The molecular weight excluding hydrogens is 570 g/mol. The Hall–Kier alpha value is -2.58. The van der Waals surface area contributed by atoms with Gasteiger partial charge in [0.2, 0.25) is 21.8 Å². The molecular formula is C33H44ClN3O4S. The summed E-state index contributed by atoms with van der Waals surface area (Å²) in [5.74, 6) is 1.73. The molecule has 2 aromatic rings. The Kier molecular flexibility index (Phi) is 8.96. The molecule has 228 valence electrons. The third-order valence-electron chi connectivity index (χ3n) is 9.57. The molecule has 7 nitrogen and oxygen atoms in total. The molecule has 4 saturated carbocycles. The van der Waals surface area contributed by atoms with E-state index >= 15 is 0 Å². The van der Waals surface area contributed by atoms with E-state index in [9.17, 15) is 18.0 Å². The Morgan fingerprint density at radius 3 is 1.98 bits per heavy atom. The molecule has 42 heavy (non-hydrogen) atoms. The van der Waals surface area contributed by atoms with Gasteiger partial charge >= 0.3 is 0 Å². The van der Waals surface area contributed by atoms with Crippen LogP contribution in [0.1, 0.15) is 76.8 Å². The number of anilines is 1. The van der Waals surface area contributed by atoms with E-state index in [-0.39, 0.29) is 23.9 Å². The lowest BCUT2D eigenvalue weighted by atomic mass is 9.48. The first-order valence-corrected chi connectivity index (χ1v) is 17.5. The van der Waals surface area contributed by atoms with Gasteiger partial charge in [-0.2, -0.15) is 0 Å². The van der Waals surface area contributed by atoms with Crippen LogP contribution in [-0.4, -0.2) is 50.0 Å². The lowest BCUT2D eigenvalue weighted by Gasteiger charge is -2.57. The van der Waals surface area contributed by atoms with Gasteiger partial charge in [0.15, 0.2) is 0 Å². The molecule has 1 N–H and O–H groups in total. The number of carbonyl (C=O) groups is 2. The third kappa shape index (κ3) is 6.65. The van der Waals surface area contributed by atoms with Gasteiger partial charge in [0.1, 0.15) is 12.6 Å². The number of rotatable bonds is 11. The van der Waals surface area contributed by atoms with Crippen LogP contribution in [0.5, 0.6) is 0 Å². The van der Waals surface area contributed by atoms with Crippen molar-refractivity contribution in [2.75, 3.05) is 17.1 Å². The van der Waals surface area contributed by atoms with Crippen molar-refractivity contribution in [2.45, 2.75) is 89.8 Å². The number of hydrogen-bond donors (Lipinski definition) is 1. The number of benzene rings is 2. The predicted molar refractivity (Wildman–Crippen MR) is 168 cm³/mol. The number of nitrogens with zero attached hydrogens (tertiary/aromatic N) is 2. The number of hydrogen-bond acceptors (Lipinski definition) is 4. The molecule has 4 aliphatic carbocycles. The van der Waals surface area contributed by atoms with Gasteiger partial charge in [-0.3, -0.25) is 13.9 Å². The van der Waals surface area contributed by atoms with E-state index in [1.54, 1.807) is 12.1 Å². The van der Waals surface area contributed by atoms with Gasteiger partial charge in [0.25, 0.3) is 0 Å². The SMILES string of the molecule is CC[C@H](C(=O)NC(C)C)N(Cc1ccc(Cl)cc1)C(=O)CN(c1ccc(C23CC4CC(CC(C4)C2)C3)cc1)S(C)(=O)=O. The van der Waals surface area contributed by atoms with Crippen molar-refractivity contribution in [3.63, 3.8) is 0 Å². The van der Waals surface area contributed by atoms with Gasteiger partial charge in [0, 0.05) is 17.6 Å². The molecule has 6 rings (SSSR count). The standard InChI is InChI=1S/C33H44ClN3O4S/c1-5-30(32(39)35-22(2)3)36(20-23-6-10-28(34)11-7-23)31(38)21-37(42(4,40)41)29-12-8-27(9-13-29)33-17-24-14-25(18-33)16-26(15-24)19-33/h6-13,22,24-26,30H,5,14-21H2,1-4H3,(H,35,39)/t24?,25?,26?,30-,33?/m1/s1. The second kappa shape index (κ2) is 12.2. The summed E-state index contributed by atoms with van der Waals surface area (Å²) in [6, 6.07) is 14.1. The van der Waals surface area contributed by atoms with Crippen molar-refractivity contribution >= 4 is 39.1 Å². The summed E-state index contributed by atoms with van der Waals surface area (Å²) in [5, 5.41) is 3.48. The minimum atomic E-state index is -3.79. The smallest absolute Gasteiger partial charge is 0.244 e. The van der Waals surface area contributed by atoms with Crippen LogP contribution in [0.2, 0.25) is 5.02 Å². The fourth-order valence-electron chi connectivity index (χ4n) is 8.15. The van der Waals surface area contributed by atoms with Gasteiger partial charge in [-0.1, -0.05) is 42.8 Å². The summed E-state index contributed by atoms with van der Waals surface area (Å²) >= 11 is 6.08. The maximum atomic E-state index is 13.9.